The second-order valence-electron chi connectivity index (χ2n) is 4.61. The molecular weight excluding hydrogens is 272 g/mol. The molecule has 5 heteroatoms. The molecular formula is C15H18N2O2S. The number of amides is 1. The first-order chi connectivity index (χ1) is 9.54. The Morgan fingerprint density at radius 2 is 2.15 bits per heavy atom. The molecule has 1 heterocycles. The zero-order valence-electron chi connectivity index (χ0n) is 11.8. The van der Waals surface area contributed by atoms with Gasteiger partial charge < -0.3 is 15.4 Å². The number of carbonyl (C=O) groups is 1. The van der Waals surface area contributed by atoms with Crippen LogP contribution < -0.4 is 10.5 Å². The maximum absolute atomic E-state index is 12.5. The van der Waals surface area contributed by atoms with E-state index in [1.165, 1.54) is 10.4 Å². The van der Waals surface area contributed by atoms with Crippen LogP contribution in [0.4, 0.5) is 5.69 Å². The van der Waals surface area contributed by atoms with Crippen LogP contribution in [0.1, 0.15) is 20.8 Å². The molecule has 0 radical (unpaired) electrons. The lowest BCUT2D eigenvalue weighted by atomic mass is 10.1. The number of para-hydroxylation sites is 1. The van der Waals surface area contributed by atoms with Gasteiger partial charge >= 0.3 is 0 Å². The Balaban J connectivity index is 2.21. The number of hydrogen-bond donors (Lipinski definition) is 1. The van der Waals surface area contributed by atoms with E-state index < -0.39 is 0 Å². The lowest BCUT2D eigenvalue weighted by Crippen LogP contribution is -2.27. The van der Waals surface area contributed by atoms with Crippen LogP contribution in [-0.2, 0) is 6.54 Å². The third-order valence-corrected chi connectivity index (χ3v) is 4.22. The van der Waals surface area contributed by atoms with Gasteiger partial charge in [-0.05, 0) is 36.1 Å². The van der Waals surface area contributed by atoms with Gasteiger partial charge in [-0.3, -0.25) is 4.79 Å². The summed E-state index contributed by atoms with van der Waals surface area (Å²) in [6, 6.07) is 7.29. The summed E-state index contributed by atoms with van der Waals surface area (Å²) in [5, 5.41) is 2.03. The van der Waals surface area contributed by atoms with E-state index in [1.807, 2.05) is 12.3 Å². The minimum atomic E-state index is -0.103. The first kappa shape index (κ1) is 14.4. The fourth-order valence-corrected chi connectivity index (χ4v) is 2.93. The lowest BCUT2D eigenvalue weighted by molar-refractivity contribution is 0.0787. The summed E-state index contributed by atoms with van der Waals surface area (Å²) in [5.41, 5.74) is 8.03. The molecule has 0 saturated carbocycles. The highest BCUT2D eigenvalue weighted by Crippen LogP contribution is 2.26. The molecule has 2 rings (SSSR count). The summed E-state index contributed by atoms with van der Waals surface area (Å²) in [4.78, 5) is 15.3. The quantitative estimate of drug-likeness (QED) is 0.881. The van der Waals surface area contributed by atoms with Crippen LogP contribution in [0.15, 0.2) is 29.6 Å². The molecule has 0 saturated heterocycles. The van der Waals surface area contributed by atoms with E-state index >= 15 is 0 Å². The van der Waals surface area contributed by atoms with Crippen LogP contribution in [-0.4, -0.2) is 25.0 Å². The Labute approximate surface area is 122 Å². The Bertz CT molecular complexity index is 622. The fourth-order valence-electron chi connectivity index (χ4n) is 1.97. The molecule has 2 aromatic rings. The van der Waals surface area contributed by atoms with Crippen molar-refractivity contribution >= 4 is 22.9 Å². The number of nitrogen functional groups attached to an aromatic ring is 1. The highest BCUT2D eigenvalue weighted by Gasteiger charge is 2.18. The number of nitrogens with zero attached hydrogens (tertiary/aromatic N) is 1. The molecule has 0 unspecified atom stereocenters. The fraction of sp³-hybridized carbons (Fsp3) is 0.267. The second-order valence-corrected chi connectivity index (χ2v) is 5.61. The molecule has 0 aliphatic rings. The van der Waals surface area contributed by atoms with Crippen molar-refractivity contribution in [2.45, 2.75) is 13.5 Å². The molecule has 0 bridgehead atoms. The molecule has 1 amide bonds. The van der Waals surface area contributed by atoms with Crippen molar-refractivity contribution in [3.05, 3.63) is 45.6 Å². The minimum Gasteiger partial charge on any atom is -0.495 e. The third-order valence-electron chi connectivity index (χ3n) is 3.21. The van der Waals surface area contributed by atoms with Crippen LogP contribution in [0.25, 0.3) is 0 Å². The predicted molar refractivity (Wildman–Crippen MR) is 82.3 cm³/mol. The number of methoxy groups -OCH3 is 1. The Morgan fingerprint density at radius 1 is 1.40 bits per heavy atom. The first-order valence-electron chi connectivity index (χ1n) is 6.25. The number of nitrogens with two attached hydrogens (primary N) is 1. The van der Waals surface area contributed by atoms with Crippen molar-refractivity contribution in [2.75, 3.05) is 19.9 Å². The Kier molecular flexibility index (Phi) is 4.29. The van der Waals surface area contributed by atoms with E-state index in [4.69, 9.17) is 10.5 Å². The van der Waals surface area contributed by atoms with Gasteiger partial charge in [-0.1, -0.05) is 6.07 Å². The number of benzene rings is 1. The van der Waals surface area contributed by atoms with Gasteiger partial charge in [-0.25, -0.2) is 0 Å². The van der Waals surface area contributed by atoms with E-state index in [0.717, 1.165) is 0 Å². The van der Waals surface area contributed by atoms with Gasteiger partial charge in [-0.2, -0.15) is 0 Å². The van der Waals surface area contributed by atoms with E-state index in [2.05, 4.69) is 6.07 Å². The Morgan fingerprint density at radius 3 is 2.75 bits per heavy atom. The normalized spacial score (nSPS) is 10.3. The SMILES string of the molecule is COc1cccc(C(=O)N(C)Cc2sccc2C)c1N. The van der Waals surface area contributed by atoms with Gasteiger partial charge in [0.2, 0.25) is 0 Å². The summed E-state index contributed by atoms with van der Waals surface area (Å²) in [5.74, 6) is 0.422. The minimum absolute atomic E-state index is 0.103. The maximum atomic E-state index is 12.5. The topological polar surface area (TPSA) is 55.6 Å². The predicted octanol–water partition coefficient (Wildman–Crippen LogP) is 2.92. The largest absolute Gasteiger partial charge is 0.495 e. The highest BCUT2D eigenvalue weighted by atomic mass is 32.1. The van der Waals surface area contributed by atoms with Crippen molar-refractivity contribution in [3.63, 3.8) is 0 Å². The number of anilines is 1. The average molecular weight is 290 g/mol. The molecule has 20 heavy (non-hydrogen) atoms. The number of aryl methyl sites for hydroxylation is 1. The summed E-state index contributed by atoms with van der Waals surface area (Å²) in [6.07, 6.45) is 0. The van der Waals surface area contributed by atoms with Gasteiger partial charge in [0.05, 0.1) is 24.9 Å². The average Bonchev–Trinajstić information content (AvgIpc) is 2.84. The number of ether oxygens (including phenoxy) is 1. The van der Waals surface area contributed by atoms with Gasteiger partial charge in [0.25, 0.3) is 5.91 Å². The monoisotopic (exact) mass is 290 g/mol. The van der Waals surface area contributed by atoms with Gasteiger partial charge in [-0.15, -0.1) is 11.3 Å². The van der Waals surface area contributed by atoms with Gasteiger partial charge in [0.15, 0.2) is 0 Å². The Hall–Kier alpha value is -2.01. The summed E-state index contributed by atoms with van der Waals surface area (Å²) in [7, 11) is 3.32. The van der Waals surface area contributed by atoms with E-state index in [0.29, 0.717) is 23.5 Å². The molecule has 2 N–H and O–H groups in total. The maximum Gasteiger partial charge on any atom is 0.256 e. The zero-order chi connectivity index (χ0) is 14.7. The lowest BCUT2D eigenvalue weighted by Gasteiger charge is -2.18. The highest BCUT2D eigenvalue weighted by molar-refractivity contribution is 7.10. The molecule has 1 aromatic carbocycles. The van der Waals surface area contributed by atoms with Crippen molar-refractivity contribution in [2.24, 2.45) is 0 Å². The second kappa shape index (κ2) is 5.96. The smallest absolute Gasteiger partial charge is 0.256 e. The third kappa shape index (κ3) is 2.77. The van der Waals surface area contributed by atoms with Gasteiger partial charge in [0, 0.05) is 11.9 Å². The van der Waals surface area contributed by atoms with Crippen molar-refractivity contribution in [3.8, 4) is 5.75 Å². The van der Waals surface area contributed by atoms with Gasteiger partial charge in [0.1, 0.15) is 5.75 Å². The van der Waals surface area contributed by atoms with E-state index in [9.17, 15) is 4.79 Å². The first-order valence-corrected chi connectivity index (χ1v) is 7.13. The molecule has 0 fully saturated rings. The standard InChI is InChI=1S/C15H18N2O2S/c1-10-7-8-20-13(10)9-17(2)15(18)11-5-4-6-12(19-3)14(11)16/h4-8H,9,16H2,1-3H3. The molecule has 0 aliphatic heterocycles. The molecule has 0 atom stereocenters. The van der Waals surface area contributed by atoms with Crippen LogP contribution in [0.2, 0.25) is 0 Å². The van der Waals surface area contributed by atoms with Crippen LogP contribution >= 0.6 is 11.3 Å². The summed E-state index contributed by atoms with van der Waals surface area (Å²) in [6.45, 7) is 2.63. The number of carbonyl (C=O) groups excluding carboxylic acids is 1. The zero-order valence-corrected chi connectivity index (χ0v) is 12.7. The van der Waals surface area contributed by atoms with E-state index in [1.54, 1.807) is 48.6 Å². The van der Waals surface area contributed by atoms with Crippen molar-refractivity contribution in [1.29, 1.82) is 0 Å². The van der Waals surface area contributed by atoms with E-state index in [-0.39, 0.29) is 5.91 Å². The van der Waals surface area contributed by atoms with Crippen molar-refractivity contribution in [1.82, 2.24) is 4.90 Å². The molecule has 4 nitrogen and oxygen atoms in total. The van der Waals surface area contributed by atoms with Crippen LogP contribution in [0.5, 0.6) is 5.75 Å². The summed E-state index contributed by atoms with van der Waals surface area (Å²) >= 11 is 1.65. The molecule has 1 aromatic heterocycles. The molecule has 0 aliphatic carbocycles. The number of hydrogen-bond acceptors (Lipinski definition) is 4. The van der Waals surface area contributed by atoms with Crippen LogP contribution in [0, 0.1) is 6.92 Å². The van der Waals surface area contributed by atoms with Crippen molar-refractivity contribution < 1.29 is 9.53 Å². The number of rotatable bonds is 4. The number of thiophene rings is 1. The van der Waals surface area contributed by atoms with Crippen LogP contribution in [0.3, 0.4) is 0 Å². The molecule has 106 valence electrons. The summed E-state index contributed by atoms with van der Waals surface area (Å²) < 4.78 is 5.15. The molecule has 0 spiro atoms.